The van der Waals surface area contributed by atoms with E-state index in [9.17, 15) is 0 Å². The molecule has 0 saturated carbocycles. The van der Waals surface area contributed by atoms with Crippen molar-refractivity contribution < 1.29 is 15.1 Å². The zero-order chi connectivity index (χ0) is 15.5. The van der Waals surface area contributed by atoms with Gasteiger partial charge in [0.05, 0.1) is 11.4 Å². The van der Waals surface area contributed by atoms with Crippen LogP contribution in [0.25, 0.3) is 5.43 Å². The predicted molar refractivity (Wildman–Crippen MR) is 92.8 cm³/mol. The number of pyridine rings is 1. The van der Waals surface area contributed by atoms with Gasteiger partial charge in [-0.1, -0.05) is 48.2 Å². The number of halogens is 1. The van der Waals surface area contributed by atoms with Crippen LogP contribution in [0.5, 0.6) is 0 Å². The minimum absolute atomic E-state index is 0.615. The number of nitrogens with zero attached hydrogens (tertiary/aromatic N) is 3. The number of hydrogen-bond acceptors (Lipinski definition) is 3. The summed E-state index contributed by atoms with van der Waals surface area (Å²) in [5, 5.41) is 4.28. The molecule has 0 spiro atoms. The Morgan fingerprint density at radius 1 is 1.19 bits per heavy atom. The summed E-state index contributed by atoms with van der Waals surface area (Å²) in [5.41, 5.74) is 6.60. The van der Waals surface area contributed by atoms with Crippen molar-refractivity contribution in [3.05, 3.63) is 71.4 Å². The van der Waals surface area contributed by atoms with E-state index in [1.807, 2.05) is 54.8 Å². The Hall–Kier alpha value is -0.911. The standard InChI is InChI=1S/C14H13N3S2.ClH.Cu/c1-19-14(18)17-16-13(11-7-3-2-4-8-11)12-9-5-6-10-15-12;;/h2-10H,1H3,(H,15,17,18);1H;/q;;+1/p-1. The molecule has 0 atom stereocenters. The number of thioether (sulfide) groups is 1. The van der Waals surface area contributed by atoms with E-state index in [2.05, 4.69) is 52.9 Å². The zero-order valence-corrected chi connectivity index (χ0v) is 14.5. The van der Waals surface area contributed by atoms with Crippen molar-refractivity contribution in [2.45, 2.75) is 0 Å². The first-order chi connectivity index (χ1) is 10.3. The molecule has 0 N–H and O–H groups in total. The third-order valence-corrected chi connectivity index (χ3v) is 3.46. The average Bonchev–Trinajstić information content (AvgIpc) is 2.58. The minimum atomic E-state index is 0.615. The summed E-state index contributed by atoms with van der Waals surface area (Å²) in [4.78, 5) is 4.33. The van der Waals surface area contributed by atoms with Gasteiger partial charge in [0, 0.05) is 11.8 Å². The van der Waals surface area contributed by atoms with E-state index in [-0.39, 0.29) is 0 Å². The quantitative estimate of drug-likeness (QED) is 0.202. The van der Waals surface area contributed by atoms with Crippen molar-refractivity contribution in [3.63, 3.8) is 0 Å². The average molecular weight is 386 g/mol. The predicted octanol–water partition coefficient (Wildman–Crippen LogP) is 3.62. The van der Waals surface area contributed by atoms with Crippen LogP contribution in [0.15, 0.2) is 59.8 Å². The molecule has 2 aromatic rings. The first-order valence-corrected chi connectivity index (χ1v) is 8.75. The van der Waals surface area contributed by atoms with Crippen LogP contribution in [0.1, 0.15) is 11.3 Å². The van der Waals surface area contributed by atoms with Gasteiger partial charge in [0.2, 0.25) is 0 Å². The molecule has 7 heteroatoms. The van der Waals surface area contributed by atoms with Gasteiger partial charge in [-0.25, -0.2) is 0 Å². The van der Waals surface area contributed by atoms with Crippen molar-refractivity contribution >= 4 is 44.1 Å². The summed E-state index contributed by atoms with van der Waals surface area (Å²) in [6.45, 7) is 0. The number of aromatic nitrogens is 1. The fraction of sp³-hybridized carbons (Fsp3) is 0.0714. The van der Waals surface area contributed by atoms with E-state index >= 15 is 0 Å². The number of thiol groups is 1. The van der Waals surface area contributed by atoms with Gasteiger partial charge in [0.25, 0.3) is 0 Å². The molecule has 0 amide bonds. The van der Waals surface area contributed by atoms with Crippen LogP contribution >= 0.6 is 21.9 Å². The molecule has 0 aliphatic rings. The van der Waals surface area contributed by atoms with Crippen molar-refractivity contribution in [1.82, 2.24) is 4.98 Å². The number of benzene rings is 1. The fourth-order valence-corrected chi connectivity index (χ4v) is 1.66. The topological polar surface area (TPSA) is 39.4 Å². The molecule has 3 nitrogen and oxygen atoms in total. The van der Waals surface area contributed by atoms with Crippen LogP contribution < -0.4 is 0 Å². The summed E-state index contributed by atoms with van der Waals surface area (Å²) >= 11 is 9.32. The molecule has 0 aliphatic carbocycles. The van der Waals surface area contributed by atoms with Gasteiger partial charge in [-0.15, -0.1) is 0 Å². The molecule has 0 bridgehead atoms. The van der Waals surface area contributed by atoms with Gasteiger partial charge in [0.15, 0.2) is 16.5 Å². The second-order valence-corrected chi connectivity index (χ2v) is 5.14. The summed E-state index contributed by atoms with van der Waals surface area (Å²) in [6, 6.07) is 15.6. The first-order valence-electron chi connectivity index (χ1n) is 5.78. The molecule has 1 aromatic carbocycles. The first kappa shape index (κ1) is 18.1. The van der Waals surface area contributed by atoms with Crippen LogP contribution in [0.3, 0.4) is 0 Å². The molecule has 1 heterocycles. The van der Waals surface area contributed by atoms with E-state index < -0.39 is 0 Å². The van der Waals surface area contributed by atoms with Gasteiger partial charge >= 0.3 is 25.2 Å². The third-order valence-electron chi connectivity index (χ3n) is 2.37. The van der Waals surface area contributed by atoms with Gasteiger partial charge in [-0.05, 0) is 18.4 Å². The van der Waals surface area contributed by atoms with Crippen LogP contribution in [0, 0.1) is 0 Å². The Balaban J connectivity index is 0.00000106. The summed E-state index contributed by atoms with van der Waals surface area (Å²) in [6.07, 6.45) is 3.65. The van der Waals surface area contributed by atoms with Gasteiger partial charge in [0.1, 0.15) is 0 Å². The third kappa shape index (κ3) is 6.16. The Labute approximate surface area is 146 Å². The molecule has 0 saturated heterocycles. The maximum atomic E-state index is 4.33. The van der Waals surface area contributed by atoms with Crippen LogP contribution in [-0.4, -0.2) is 21.3 Å². The van der Waals surface area contributed by atoms with Crippen LogP contribution in [0.2, 0.25) is 0 Å². The summed E-state index contributed by atoms with van der Waals surface area (Å²) < 4.78 is 0.615. The van der Waals surface area contributed by atoms with E-state index in [1.165, 1.54) is 11.8 Å². The van der Waals surface area contributed by atoms with Gasteiger partial charge < -0.3 is 10.5 Å². The molecule has 1 aromatic heterocycles. The maximum absolute atomic E-state index is 4.33. The van der Waals surface area contributed by atoms with E-state index in [4.69, 9.17) is 0 Å². The molecular weight excluding hydrogens is 373 g/mol. The molecular formula is C14H13ClCuN3S2. The van der Waals surface area contributed by atoms with Crippen molar-refractivity contribution in [3.8, 4) is 0 Å². The summed E-state index contributed by atoms with van der Waals surface area (Å²) in [5.74, 6) is 0. The fourth-order valence-electron chi connectivity index (χ4n) is 1.49. The second-order valence-electron chi connectivity index (χ2n) is 3.62. The summed E-state index contributed by atoms with van der Waals surface area (Å²) in [7, 11) is 4.20. The van der Waals surface area contributed by atoms with Crippen LogP contribution in [0.4, 0.5) is 0 Å². The Morgan fingerprint density at radius 3 is 2.43 bits per heavy atom. The van der Waals surface area contributed by atoms with Crippen molar-refractivity contribution in [2.24, 2.45) is 5.10 Å². The molecule has 0 unspecified atom stereocenters. The molecule has 2 rings (SSSR count). The SMILES string of the molecule is CSC(=[SH+])[N-]N=C(c1ccccc1)c1ccccn1.[Cl][Cu]. The molecule has 114 valence electrons. The molecule has 21 heavy (non-hydrogen) atoms. The van der Waals surface area contributed by atoms with Crippen molar-refractivity contribution in [2.75, 3.05) is 6.26 Å². The number of rotatable bonds is 3. The monoisotopic (exact) mass is 385 g/mol. The molecule has 0 fully saturated rings. The Kier molecular flexibility index (Phi) is 9.30. The Morgan fingerprint density at radius 2 is 1.86 bits per heavy atom. The second kappa shape index (κ2) is 10.8. The van der Waals surface area contributed by atoms with E-state index in [0.29, 0.717) is 4.32 Å². The van der Waals surface area contributed by atoms with Gasteiger partial charge in [-0.3, -0.25) is 4.98 Å². The normalized spacial score (nSPS) is 10.4. The zero-order valence-electron chi connectivity index (χ0n) is 11.1. The molecule has 0 aliphatic heterocycles. The van der Waals surface area contributed by atoms with Crippen LogP contribution in [-0.2, 0) is 27.3 Å². The van der Waals surface area contributed by atoms with E-state index in [1.54, 1.807) is 6.20 Å². The van der Waals surface area contributed by atoms with Gasteiger partial charge in [-0.2, -0.15) is 0 Å². The molecule has 0 radical (unpaired) electrons. The van der Waals surface area contributed by atoms with Crippen molar-refractivity contribution in [1.29, 1.82) is 0 Å². The number of hydrogen-bond donors (Lipinski definition) is 0. The van der Waals surface area contributed by atoms with E-state index in [0.717, 1.165) is 17.0 Å². The Bertz CT molecular complexity index is 538.